The lowest BCUT2D eigenvalue weighted by atomic mass is 10.2. The maximum atomic E-state index is 11.4. The minimum atomic E-state index is -0.139. The fraction of sp³-hybridized carbons (Fsp3) is 0.286. The molecule has 0 atom stereocenters. The first-order valence-corrected chi connectivity index (χ1v) is 7.28. The number of halogens is 1. The van der Waals surface area contributed by atoms with Crippen molar-refractivity contribution < 1.29 is 9.53 Å². The first kappa shape index (κ1) is 15.0. The van der Waals surface area contributed by atoms with Gasteiger partial charge in [0.2, 0.25) is 5.91 Å². The van der Waals surface area contributed by atoms with Crippen molar-refractivity contribution in [2.24, 2.45) is 0 Å². The fourth-order valence-electron chi connectivity index (χ4n) is 1.70. The summed E-state index contributed by atoms with van der Waals surface area (Å²) in [5.41, 5.74) is 1.82. The number of carbonyl (C=O) groups excluding carboxylic acids is 1. The molecule has 4 nitrogen and oxygen atoms in total. The number of benzene rings is 1. The average Bonchev–Trinajstić information content (AvgIpc) is 2.78. The molecule has 0 bridgehead atoms. The monoisotopic (exact) mass is 310 g/mol. The Hall–Kier alpha value is -1.43. The number of amides is 1. The normalized spacial score (nSPS) is 10.6. The third kappa shape index (κ3) is 3.56. The van der Waals surface area contributed by atoms with E-state index in [0.717, 1.165) is 21.1 Å². The highest BCUT2D eigenvalue weighted by Gasteiger charge is 2.12. The molecular weight excluding hydrogens is 296 g/mol. The van der Waals surface area contributed by atoms with E-state index < -0.39 is 0 Å². The van der Waals surface area contributed by atoms with E-state index in [9.17, 15) is 4.79 Å². The van der Waals surface area contributed by atoms with Gasteiger partial charge < -0.3 is 10.1 Å². The standard InChI is InChI=1S/C14H15ClN2O2S/c1-9-12(7-16-13(18)8-19-2)20-14(17-9)10-5-3-4-6-11(10)15/h3-6H,7-8H2,1-2H3,(H,16,18). The summed E-state index contributed by atoms with van der Waals surface area (Å²) in [6, 6.07) is 7.59. The molecule has 0 aliphatic rings. The third-order valence-electron chi connectivity index (χ3n) is 2.72. The van der Waals surface area contributed by atoms with Crippen LogP contribution in [-0.4, -0.2) is 24.6 Å². The van der Waals surface area contributed by atoms with Gasteiger partial charge in [-0.15, -0.1) is 11.3 Å². The van der Waals surface area contributed by atoms with Crippen LogP contribution in [0.3, 0.4) is 0 Å². The maximum absolute atomic E-state index is 11.4. The van der Waals surface area contributed by atoms with Gasteiger partial charge in [0.1, 0.15) is 11.6 Å². The quantitative estimate of drug-likeness (QED) is 0.923. The zero-order chi connectivity index (χ0) is 14.5. The zero-order valence-corrected chi connectivity index (χ0v) is 12.8. The SMILES string of the molecule is COCC(=O)NCc1sc(-c2ccccc2Cl)nc1C. The highest BCUT2D eigenvalue weighted by atomic mass is 35.5. The average molecular weight is 311 g/mol. The Balaban J connectivity index is 2.14. The molecule has 2 aromatic rings. The number of carbonyl (C=O) groups is 1. The minimum Gasteiger partial charge on any atom is -0.375 e. The van der Waals surface area contributed by atoms with Crippen LogP contribution < -0.4 is 5.32 Å². The highest BCUT2D eigenvalue weighted by molar-refractivity contribution is 7.15. The Morgan fingerprint density at radius 3 is 2.90 bits per heavy atom. The van der Waals surface area contributed by atoms with E-state index in [4.69, 9.17) is 16.3 Å². The third-order valence-corrected chi connectivity index (χ3v) is 4.24. The molecule has 106 valence electrons. The summed E-state index contributed by atoms with van der Waals surface area (Å²) in [5.74, 6) is -0.139. The topological polar surface area (TPSA) is 51.2 Å². The van der Waals surface area contributed by atoms with Crippen molar-refractivity contribution in [3.63, 3.8) is 0 Å². The maximum Gasteiger partial charge on any atom is 0.246 e. The lowest BCUT2D eigenvalue weighted by Crippen LogP contribution is -2.26. The fourth-order valence-corrected chi connectivity index (χ4v) is 3.03. The van der Waals surface area contributed by atoms with Crippen LogP contribution in [0.1, 0.15) is 10.6 Å². The lowest BCUT2D eigenvalue weighted by Gasteiger charge is -2.02. The van der Waals surface area contributed by atoms with Crippen LogP contribution in [-0.2, 0) is 16.1 Å². The molecule has 1 N–H and O–H groups in total. The predicted molar refractivity (Wildman–Crippen MR) is 81.0 cm³/mol. The molecule has 1 aromatic carbocycles. The first-order valence-electron chi connectivity index (χ1n) is 6.08. The van der Waals surface area contributed by atoms with E-state index in [1.165, 1.54) is 18.4 Å². The first-order chi connectivity index (χ1) is 9.61. The van der Waals surface area contributed by atoms with Gasteiger partial charge >= 0.3 is 0 Å². The Morgan fingerprint density at radius 1 is 1.45 bits per heavy atom. The Labute approximate surface area is 126 Å². The van der Waals surface area contributed by atoms with Gasteiger partial charge in [0.25, 0.3) is 0 Å². The summed E-state index contributed by atoms with van der Waals surface area (Å²) in [5, 5.41) is 4.34. The van der Waals surface area contributed by atoms with Gasteiger partial charge in [-0.1, -0.05) is 29.8 Å². The van der Waals surface area contributed by atoms with Crippen molar-refractivity contribution in [3.8, 4) is 10.6 Å². The molecule has 2 rings (SSSR count). The van der Waals surface area contributed by atoms with Crippen LogP contribution in [0.15, 0.2) is 24.3 Å². The van der Waals surface area contributed by atoms with Gasteiger partial charge in [-0.25, -0.2) is 4.98 Å². The van der Waals surface area contributed by atoms with Gasteiger partial charge in [0, 0.05) is 17.6 Å². The smallest absolute Gasteiger partial charge is 0.246 e. The minimum absolute atomic E-state index is 0.0647. The molecule has 1 amide bonds. The zero-order valence-electron chi connectivity index (χ0n) is 11.3. The number of methoxy groups -OCH3 is 1. The van der Waals surface area contributed by atoms with Gasteiger partial charge in [-0.2, -0.15) is 0 Å². The molecule has 6 heteroatoms. The largest absolute Gasteiger partial charge is 0.375 e. The second-order valence-electron chi connectivity index (χ2n) is 4.22. The predicted octanol–water partition coefficient (Wildman–Crippen LogP) is 3.03. The van der Waals surface area contributed by atoms with Gasteiger partial charge in [0.15, 0.2) is 0 Å². The number of thiazole rings is 1. The summed E-state index contributed by atoms with van der Waals surface area (Å²) < 4.78 is 4.77. The number of nitrogens with one attached hydrogen (secondary N) is 1. The number of ether oxygens (including phenoxy) is 1. The van der Waals surface area contributed by atoms with Crippen LogP contribution in [0, 0.1) is 6.92 Å². The van der Waals surface area contributed by atoms with E-state index in [2.05, 4.69) is 10.3 Å². The molecule has 20 heavy (non-hydrogen) atoms. The van der Waals surface area contributed by atoms with E-state index in [0.29, 0.717) is 11.6 Å². The summed E-state index contributed by atoms with van der Waals surface area (Å²) in [7, 11) is 1.49. The molecule has 0 aliphatic heterocycles. The molecule has 1 heterocycles. The molecule has 0 radical (unpaired) electrons. The molecule has 0 saturated carbocycles. The molecule has 0 unspecified atom stereocenters. The highest BCUT2D eigenvalue weighted by Crippen LogP contribution is 2.32. The van der Waals surface area contributed by atoms with Crippen LogP contribution in [0.25, 0.3) is 10.6 Å². The van der Waals surface area contributed by atoms with Crippen molar-refractivity contribution in [3.05, 3.63) is 39.9 Å². The van der Waals surface area contributed by atoms with Crippen LogP contribution in [0.5, 0.6) is 0 Å². The number of aryl methyl sites for hydroxylation is 1. The second kappa shape index (κ2) is 6.83. The number of aromatic nitrogens is 1. The van der Waals surface area contributed by atoms with E-state index >= 15 is 0 Å². The second-order valence-corrected chi connectivity index (χ2v) is 5.71. The van der Waals surface area contributed by atoms with Crippen LogP contribution >= 0.6 is 22.9 Å². The van der Waals surface area contributed by atoms with Crippen molar-refractivity contribution in [2.75, 3.05) is 13.7 Å². The van der Waals surface area contributed by atoms with E-state index in [1.807, 2.05) is 31.2 Å². The Bertz CT molecular complexity index is 613. The Morgan fingerprint density at radius 2 is 2.20 bits per heavy atom. The number of hydrogen-bond donors (Lipinski definition) is 1. The molecule has 0 aliphatic carbocycles. The summed E-state index contributed by atoms with van der Waals surface area (Å²) in [6.45, 7) is 2.44. The summed E-state index contributed by atoms with van der Waals surface area (Å²) in [6.07, 6.45) is 0. The van der Waals surface area contributed by atoms with Crippen molar-refractivity contribution in [2.45, 2.75) is 13.5 Å². The summed E-state index contributed by atoms with van der Waals surface area (Å²) in [4.78, 5) is 16.9. The summed E-state index contributed by atoms with van der Waals surface area (Å²) >= 11 is 7.71. The Kier molecular flexibility index (Phi) is 5.11. The van der Waals surface area contributed by atoms with Crippen LogP contribution in [0.4, 0.5) is 0 Å². The number of nitrogens with zero attached hydrogens (tertiary/aromatic N) is 1. The van der Waals surface area contributed by atoms with Crippen molar-refractivity contribution in [1.29, 1.82) is 0 Å². The molecule has 1 aromatic heterocycles. The van der Waals surface area contributed by atoms with Gasteiger partial charge in [-0.3, -0.25) is 4.79 Å². The van der Waals surface area contributed by atoms with E-state index in [-0.39, 0.29) is 12.5 Å². The van der Waals surface area contributed by atoms with Crippen molar-refractivity contribution >= 4 is 28.8 Å². The number of rotatable bonds is 5. The number of hydrogen-bond acceptors (Lipinski definition) is 4. The van der Waals surface area contributed by atoms with Gasteiger partial charge in [0.05, 0.1) is 17.3 Å². The molecule has 0 fully saturated rings. The van der Waals surface area contributed by atoms with E-state index in [1.54, 1.807) is 0 Å². The van der Waals surface area contributed by atoms with Crippen molar-refractivity contribution in [1.82, 2.24) is 10.3 Å². The van der Waals surface area contributed by atoms with Gasteiger partial charge in [-0.05, 0) is 13.0 Å². The van der Waals surface area contributed by atoms with Crippen LogP contribution in [0.2, 0.25) is 5.02 Å². The molecular formula is C14H15ClN2O2S. The molecule has 0 spiro atoms. The molecule has 0 saturated heterocycles. The lowest BCUT2D eigenvalue weighted by molar-refractivity contribution is -0.124.